The molecule has 1 aliphatic heterocycles. The van der Waals surface area contributed by atoms with Gasteiger partial charge in [-0.05, 0) is 67.6 Å². The predicted molar refractivity (Wildman–Crippen MR) is 138 cm³/mol. The first kappa shape index (κ1) is 24.7. The number of aliphatic hydroxyl groups is 1. The Kier molecular flexibility index (Phi) is 7.70. The van der Waals surface area contributed by atoms with Crippen LogP contribution in [0, 0.1) is 11.3 Å². The van der Waals surface area contributed by atoms with Crippen LogP contribution >= 0.6 is 0 Å². The number of hydrogen-bond donors (Lipinski definition) is 2. The number of amides is 1. The quantitative estimate of drug-likeness (QED) is 0.486. The van der Waals surface area contributed by atoms with Crippen LogP contribution in [0.25, 0.3) is 10.8 Å². The lowest BCUT2D eigenvalue weighted by molar-refractivity contribution is 0.0792. The van der Waals surface area contributed by atoms with Crippen molar-refractivity contribution in [2.45, 2.75) is 44.8 Å². The molecule has 1 atom stereocenters. The molecule has 0 radical (unpaired) electrons. The van der Waals surface area contributed by atoms with E-state index in [0.717, 1.165) is 32.4 Å². The summed E-state index contributed by atoms with van der Waals surface area (Å²) < 4.78 is 5.74. The topological polar surface area (TPSA) is 85.6 Å². The van der Waals surface area contributed by atoms with Gasteiger partial charge in [0.15, 0.2) is 0 Å². The maximum Gasteiger partial charge on any atom is 0.253 e. The molecule has 3 aromatic rings. The smallest absolute Gasteiger partial charge is 0.253 e. The van der Waals surface area contributed by atoms with Crippen molar-refractivity contribution in [1.82, 2.24) is 10.2 Å². The van der Waals surface area contributed by atoms with Crippen molar-refractivity contribution >= 4 is 16.7 Å². The van der Waals surface area contributed by atoms with Gasteiger partial charge >= 0.3 is 0 Å². The number of nitrogens with one attached hydrogen (secondary N) is 1. The van der Waals surface area contributed by atoms with Gasteiger partial charge < -0.3 is 20.1 Å². The number of nitrogens with zero attached hydrogens (tertiary/aromatic N) is 2. The summed E-state index contributed by atoms with van der Waals surface area (Å²) in [4.78, 5) is 14.4. The summed E-state index contributed by atoms with van der Waals surface area (Å²) in [6.45, 7) is 6.14. The fourth-order valence-electron chi connectivity index (χ4n) is 4.54. The number of ether oxygens (including phenoxy) is 1. The molecule has 0 bridgehead atoms. The number of likely N-dealkylation sites (tertiary alicyclic amines) is 1. The molecule has 0 saturated carbocycles. The summed E-state index contributed by atoms with van der Waals surface area (Å²) in [6, 6.07) is 21.8. The van der Waals surface area contributed by atoms with Gasteiger partial charge in [0, 0.05) is 30.7 Å². The molecule has 0 aliphatic carbocycles. The second-order valence-corrected chi connectivity index (χ2v) is 9.91. The number of fused-ring (bicyclic) bond motifs is 1. The number of aliphatic hydroxyl groups excluding tert-OH is 1. The third-order valence-corrected chi connectivity index (χ3v) is 6.45. The predicted octanol–water partition coefficient (Wildman–Crippen LogP) is 4.30. The maximum atomic E-state index is 12.6. The molecule has 3 aromatic carbocycles. The van der Waals surface area contributed by atoms with Gasteiger partial charge in [-0.1, -0.05) is 42.5 Å². The molecule has 1 saturated heterocycles. The van der Waals surface area contributed by atoms with Gasteiger partial charge in [0.1, 0.15) is 24.5 Å². The highest BCUT2D eigenvalue weighted by Gasteiger charge is 2.22. The third kappa shape index (κ3) is 6.39. The van der Waals surface area contributed by atoms with Crippen LogP contribution in [0.5, 0.6) is 5.75 Å². The summed E-state index contributed by atoms with van der Waals surface area (Å²) in [7, 11) is 0. The van der Waals surface area contributed by atoms with E-state index in [4.69, 9.17) is 4.74 Å². The molecule has 1 unspecified atom stereocenters. The van der Waals surface area contributed by atoms with Gasteiger partial charge in [0.25, 0.3) is 5.91 Å². The fourth-order valence-corrected chi connectivity index (χ4v) is 4.54. The number of nitriles is 1. The van der Waals surface area contributed by atoms with E-state index in [-0.39, 0.29) is 18.1 Å². The Labute approximate surface area is 207 Å². The van der Waals surface area contributed by atoms with Crippen LogP contribution in [-0.2, 0) is 6.42 Å². The number of rotatable bonds is 9. The maximum absolute atomic E-state index is 12.6. The number of carbonyl (C=O) groups is 1. The first-order chi connectivity index (χ1) is 16.8. The van der Waals surface area contributed by atoms with E-state index in [1.165, 1.54) is 16.3 Å². The normalized spacial score (nSPS) is 14.6. The standard InChI is InChI=1S/C29H33N3O3/c1-29(2,17-21-9-10-22-7-3-4-8-23(22)15-21)31-19-26(33)20-35-27-12-11-24(16-25(27)18-30)28(34)32-13-5-6-14-32/h3-4,7-12,15-16,26,31,33H,5-6,13-14,17,19-20H2,1-2H3. The van der Waals surface area contributed by atoms with Crippen molar-refractivity contribution in [2.24, 2.45) is 0 Å². The number of benzene rings is 3. The second kappa shape index (κ2) is 10.9. The lowest BCUT2D eigenvalue weighted by Crippen LogP contribution is -2.46. The highest BCUT2D eigenvalue weighted by Crippen LogP contribution is 2.22. The highest BCUT2D eigenvalue weighted by atomic mass is 16.5. The minimum Gasteiger partial charge on any atom is -0.489 e. The van der Waals surface area contributed by atoms with Gasteiger partial charge in [-0.15, -0.1) is 0 Å². The lowest BCUT2D eigenvalue weighted by atomic mass is 9.93. The second-order valence-electron chi connectivity index (χ2n) is 9.91. The summed E-state index contributed by atoms with van der Waals surface area (Å²) in [5.41, 5.74) is 1.80. The number of carbonyl (C=O) groups excluding carboxylic acids is 1. The minimum absolute atomic E-state index is 0.0488. The van der Waals surface area contributed by atoms with E-state index in [1.807, 2.05) is 17.0 Å². The first-order valence-electron chi connectivity index (χ1n) is 12.2. The molecule has 1 amide bonds. The summed E-state index contributed by atoms with van der Waals surface area (Å²) >= 11 is 0. The molecule has 1 aliphatic rings. The molecular weight excluding hydrogens is 438 g/mol. The van der Waals surface area contributed by atoms with E-state index in [2.05, 4.69) is 55.6 Å². The van der Waals surface area contributed by atoms with E-state index < -0.39 is 6.10 Å². The monoisotopic (exact) mass is 471 g/mol. The van der Waals surface area contributed by atoms with Crippen molar-refractivity contribution in [3.63, 3.8) is 0 Å². The Morgan fingerprint density at radius 2 is 1.86 bits per heavy atom. The van der Waals surface area contributed by atoms with E-state index in [9.17, 15) is 15.2 Å². The van der Waals surface area contributed by atoms with Crippen LogP contribution in [0.3, 0.4) is 0 Å². The van der Waals surface area contributed by atoms with Crippen LogP contribution in [0.2, 0.25) is 0 Å². The van der Waals surface area contributed by atoms with Crippen molar-refractivity contribution in [1.29, 1.82) is 5.26 Å². The van der Waals surface area contributed by atoms with Crippen molar-refractivity contribution in [2.75, 3.05) is 26.2 Å². The molecule has 0 spiro atoms. The Balaban J connectivity index is 1.29. The molecule has 1 fully saturated rings. The lowest BCUT2D eigenvalue weighted by Gasteiger charge is -2.28. The zero-order valence-electron chi connectivity index (χ0n) is 20.5. The molecule has 2 N–H and O–H groups in total. The number of β-amino-alcohol motifs (C(OH)–C–C–N with tert-alkyl or cyclic N) is 1. The van der Waals surface area contributed by atoms with Crippen LogP contribution in [-0.4, -0.2) is 53.8 Å². The van der Waals surface area contributed by atoms with Gasteiger partial charge in [0.05, 0.1) is 5.56 Å². The Morgan fingerprint density at radius 3 is 2.60 bits per heavy atom. The summed E-state index contributed by atoms with van der Waals surface area (Å²) in [5, 5.41) is 25.9. The molecule has 0 aromatic heterocycles. The van der Waals surface area contributed by atoms with Crippen LogP contribution in [0.15, 0.2) is 60.7 Å². The SMILES string of the molecule is CC(C)(Cc1ccc2ccccc2c1)NCC(O)COc1ccc(C(=O)N2CCCC2)cc1C#N. The van der Waals surface area contributed by atoms with Crippen LogP contribution in [0.1, 0.15) is 48.2 Å². The Morgan fingerprint density at radius 1 is 1.11 bits per heavy atom. The van der Waals surface area contributed by atoms with Crippen molar-refractivity contribution in [3.05, 3.63) is 77.4 Å². The van der Waals surface area contributed by atoms with E-state index in [0.29, 0.717) is 23.4 Å². The molecule has 6 heteroatoms. The molecular formula is C29H33N3O3. The molecule has 6 nitrogen and oxygen atoms in total. The van der Waals surface area contributed by atoms with Gasteiger partial charge in [-0.25, -0.2) is 0 Å². The van der Waals surface area contributed by atoms with Crippen LogP contribution in [0.4, 0.5) is 0 Å². The van der Waals surface area contributed by atoms with Crippen molar-refractivity contribution in [3.8, 4) is 11.8 Å². The van der Waals surface area contributed by atoms with Gasteiger partial charge in [-0.3, -0.25) is 4.79 Å². The number of hydrogen-bond acceptors (Lipinski definition) is 5. The minimum atomic E-state index is -0.747. The molecule has 35 heavy (non-hydrogen) atoms. The highest BCUT2D eigenvalue weighted by molar-refractivity contribution is 5.95. The zero-order valence-corrected chi connectivity index (χ0v) is 20.5. The molecule has 182 valence electrons. The average Bonchev–Trinajstić information content (AvgIpc) is 3.40. The van der Waals surface area contributed by atoms with Gasteiger partial charge in [0.2, 0.25) is 0 Å². The Bertz CT molecular complexity index is 1230. The summed E-state index contributed by atoms with van der Waals surface area (Å²) in [5.74, 6) is 0.323. The summed E-state index contributed by atoms with van der Waals surface area (Å²) in [6.07, 6.45) is 2.10. The van der Waals surface area contributed by atoms with E-state index >= 15 is 0 Å². The first-order valence-corrected chi connectivity index (χ1v) is 12.2. The molecule has 1 heterocycles. The largest absolute Gasteiger partial charge is 0.489 e. The zero-order chi connectivity index (χ0) is 24.8. The third-order valence-electron chi connectivity index (χ3n) is 6.45. The Hall–Kier alpha value is -3.40. The van der Waals surface area contributed by atoms with Crippen LogP contribution < -0.4 is 10.1 Å². The fraction of sp³-hybridized carbons (Fsp3) is 0.379. The average molecular weight is 472 g/mol. The molecule has 4 rings (SSSR count). The van der Waals surface area contributed by atoms with Crippen molar-refractivity contribution < 1.29 is 14.6 Å². The van der Waals surface area contributed by atoms with Gasteiger partial charge in [-0.2, -0.15) is 5.26 Å². The van der Waals surface area contributed by atoms with E-state index in [1.54, 1.807) is 18.2 Å².